The topological polar surface area (TPSA) is 267 Å². The number of fused-ring (bicyclic) bond motifs is 1. The van der Waals surface area contributed by atoms with E-state index in [1.807, 2.05) is 27.7 Å². The number of amides is 8. The number of primary amides is 1. The van der Waals surface area contributed by atoms with Crippen LogP contribution in [0.3, 0.4) is 0 Å². The van der Waals surface area contributed by atoms with Gasteiger partial charge in [0.25, 0.3) is 0 Å². The summed E-state index contributed by atoms with van der Waals surface area (Å²) in [5.41, 5.74) is 6.03. The number of hydrogen-bond donors (Lipinski definition) is 7. The lowest BCUT2D eigenvalue weighted by molar-refractivity contribution is -0.145. The Kier molecular flexibility index (Phi) is 21.1. The van der Waals surface area contributed by atoms with Gasteiger partial charge in [-0.15, -0.1) is 0 Å². The average Bonchev–Trinajstić information content (AvgIpc) is 3.78. The zero-order valence-corrected chi connectivity index (χ0v) is 40.6. The fourth-order valence-electron chi connectivity index (χ4n) is 8.39. The molecule has 0 radical (unpaired) electrons. The van der Waals surface area contributed by atoms with E-state index in [9.17, 15) is 48.3 Å². The number of phenols is 1. The fraction of sp³-hybridized carbons (Fsp3) is 0.688. The maximum atomic E-state index is 14.7. The van der Waals surface area contributed by atoms with E-state index in [1.54, 1.807) is 46.8 Å². The molecule has 18 heteroatoms. The summed E-state index contributed by atoms with van der Waals surface area (Å²) in [5, 5.41) is 24.1. The smallest absolute Gasteiger partial charge is 0.245 e. The van der Waals surface area contributed by atoms with Crippen LogP contribution in [-0.2, 0) is 49.6 Å². The molecule has 0 spiro atoms. The summed E-state index contributed by atoms with van der Waals surface area (Å²) < 4.78 is 0. The van der Waals surface area contributed by atoms with Crippen molar-refractivity contribution in [1.82, 2.24) is 36.4 Å². The number of nitrogens with one attached hydrogen (secondary N) is 5. The van der Waals surface area contributed by atoms with Gasteiger partial charge < -0.3 is 47.2 Å². The molecule has 8 amide bonds. The summed E-state index contributed by atoms with van der Waals surface area (Å²) in [6.45, 7) is 16.3. The zero-order chi connectivity index (χ0) is 49.6. The second kappa shape index (κ2) is 25.4. The van der Waals surface area contributed by atoms with Gasteiger partial charge in [-0.25, -0.2) is 0 Å². The number of phenolic OH excluding ortho intramolecular Hbond substituents is 1. The molecular formula is C48H76N8O10. The van der Waals surface area contributed by atoms with Gasteiger partial charge in [-0.05, 0) is 73.5 Å². The first-order valence-electron chi connectivity index (χ1n) is 23.7. The largest absolute Gasteiger partial charge is 0.508 e. The van der Waals surface area contributed by atoms with E-state index in [0.717, 1.165) is 0 Å². The van der Waals surface area contributed by atoms with E-state index in [-0.39, 0.29) is 56.7 Å². The molecule has 1 aromatic rings. The lowest BCUT2D eigenvalue weighted by Crippen LogP contribution is -2.61. The predicted molar refractivity (Wildman–Crippen MR) is 248 cm³/mol. The van der Waals surface area contributed by atoms with Crippen molar-refractivity contribution in [1.29, 1.82) is 0 Å². The first-order valence-corrected chi connectivity index (χ1v) is 23.7. The molecule has 2 heterocycles. The lowest BCUT2D eigenvalue weighted by Gasteiger charge is -2.35. The minimum atomic E-state index is -1.48. The number of likely N-dealkylation sites (N-methyl/N-ethyl adjacent to an activating group) is 1. The molecular weight excluding hydrogens is 849 g/mol. The van der Waals surface area contributed by atoms with Crippen molar-refractivity contribution in [3.8, 4) is 5.75 Å². The highest BCUT2D eigenvalue weighted by atomic mass is 16.3. The number of ketones is 1. The molecule has 2 aliphatic rings. The van der Waals surface area contributed by atoms with E-state index in [4.69, 9.17) is 5.73 Å². The van der Waals surface area contributed by atoms with Crippen LogP contribution in [0.1, 0.15) is 126 Å². The third-order valence-electron chi connectivity index (χ3n) is 13.3. The maximum absolute atomic E-state index is 14.7. The van der Waals surface area contributed by atoms with Gasteiger partial charge in [0, 0.05) is 38.8 Å². The Bertz CT molecular complexity index is 1890. The number of hydrogen-bond acceptors (Lipinski definition) is 10. The molecule has 8 N–H and O–H groups in total. The Morgan fingerprint density at radius 2 is 1.42 bits per heavy atom. The highest BCUT2D eigenvalue weighted by Crippen LogP contribution is 2.25. The number of carbonyl (C=O) groups is 9. The number of Topliss-reactive ketones (excluding diaryl/α,β-unsaturated/α-hetero) is 1. The first kappa shape index (κ1) is 54.8. The van der Waals surface area contributed by atoms with Crippen LogP contribution in [0.25, 0.3) is 0 Å². The zero-order valence-electron chi connectivity index (χ0n) is 40.6. The third-order valence-corrected chi connectivity index (χ3v) is 13.3. The van der Waals surface area contributed by atoms with Crippen molar-refractivity contribution in [3.63, 3.8) is 0 Å². The first-order chi connectivity index (χ1) is 31.0. The van der Waals surface area contributed by atoms with Gasteiger partial charge in [-0.3, -0.25) is 43.2 Å². The number of rotatable bonds is 16. The number of carbonyl (C=O) groups excluding carboxylic acids is 9. The summed E-state index contributed by atoms with van der Waals surface area (Å²) in [7, 11) is 1.47. The standard InChI is InChI=1S/C48H76N8O10/c1-11-27(6)39-37(58)24-30(9)40(53-43(61)33(20-21-38(49)59)50-42(60)29(8)13-3)46(64)51-34(23-26(4)5)47(65)56-22-14-15-35(56)44(62)54-41(28(7)12-2)48(66)55(10)36(45(63)52-39)25-31-16-18-32(57)19-17-31/h16-19,26-30,33-36,39-41,57H,11-15,20-25H2,1-10H3,(H2,49,59)(H,50,60)(H,51,64)(H,52,63)(H,53,61)(H,54,62)/t27?,28?,29?,30-,33-,34-,35?,36-,39-,40-,41-/m0/s1. The number of nitrogens with zero attached hydrogens (tertiary/aromatic N) is 2. The van der Waals surface area contributed by atoms with E-state index in [0.29, 0.717) is 31.2 Å². The summed E-state index contributed by atoms with van der Waals surface area (Å²) in [4.78, 5) is 129. The molecule has 11 atom stereocenters. The Morgan fingerprint density at radius 3 is 2.00 bits per heavy atom. The molecule has 2 aliphatic heterocycles. The number of aromatic hydroxyl groups is 1. The van der Waals surface area contributed by atoms with Gasteiger partial charge in [0.15, 0.2) is 5.78 Å². The Morgan fingerprint density at radius 1 is 0.818 bits per heavy atom. The summed E-state index contributed by atoms with van der Waals surface area (Å²) >= 11 is 0. The summed E-state index contributed by atoms with van der Waals surface area (Å²) in [6, 6.07) is -2.20. The van der Waals surface area contributed by atoms with E-state index in [2.05, 4.69) is 26.6 Å². The Balaban J connectivity index is 2.24. The molecule has 1 aromatic carbocycles. The van der Waals surface area contributed by atoms with Gasteiger partial charge in [0.05, 0.1) is 6.04 Å². The van der Waals surface area contributed by atoms with Crippen LogP contribution >= 0.6 is 0 Å². The molecule has 66 heavy (non-hydrogen) atoms. The minimum Gasteiger partial charge on any atom is -0.508 e. The van der Waals surface area contributed by atoms with E-state index >= 15 is 0 Å². The van der Waals surface area contributed by atoms with Crippen LogP contribution in [0.15, 0.2) is 24.3 Å². The van der Waals surface area contributed by atoms with Crippen LogP contribution in [0.2, 0.25) is 0 Å². The monoisotopic (exact) mass is 925 g/mol. The van der Waals surface area contributed by atoms with Crippen molar-refractivity contribution < 1.29 is 48.3 Å². The van der Waals surface area contributed by atoms with Crippen LogP contribution in [0.5, 0.6) is 5.75 Å². The molecule has 4 unspecified atom stereocenters. The van der Waals surface area contributed by atoms with Crippen LogP contribution < -0.4 is 32.3 Å². The SMILES string of the molecule is CCC(C)C(=O)N[C@@H](CCC(N)=O)C(=O)N[C@@H]1C(=O)N[C@@H](CC(C)C)C(=O)N2CCCC2C(=O)N[C@@H](C(C)CC)C(=O)N(C)[C@@H](Cc2ccc(O)cc2)C(=O)N[C@@H](C(C)CC)C(=O)C[C@@H]1C. The van der Waals surface area contributed by atoms with Crippen molar-refractivity contribution in [2.45, 2.75) is 169 Å². The van der Waals surface area contributed by atoms with Crippen molar-refractivity contribution in [2.75, 3.05) is 13.6 Å². The van der Waals surface area contributed by atoms with Crippen LogP contribution in [0.4, 0.5) is 0 Å². The lowest BCUT2D eigenvalue weighted by atomic mass is 9.87. The van der Waals surface area contributed by atoms with Crippen LogP contribution in [-0.4, -0.2) is 124 Å². The maximum Gasteiger partial charge on any atom is 0.245 e. The molecule has 368 valence electrons. The Labute approximate surface area is 390 Å². The molecule has 0 bridgehead atoms. The number of benzene rings is 1. The van der Waals surface area contributed by atoms with Gasteiger partial charge in [-0.1, -0.05) is 87.3 Å². The van der Waals surface area contributed by atoms with Gasteiger partial charge in [-0.2, -0.15) is 0 Å². The number of nitrogens with two attached hydrogens (primary N) is 1. The molecule has 18 nitrogen and oxygen atoms in total. The third kappa shape index (κ3) is 15.0. The molecule has 2 fully saturated rings. The second-order valence-electron chi connectivity index (χ2n) is 19.0. The summed E-state index contributed by atoms with van der Waals surface area (Å²) in [5.74, 6) is -8.01. The quantitative estimate of drug-likeness (QED) is 0.127. The second-order valence-corrected chi connectivity index (χ2v) is 19.0. The van der Waals surface area contributed by atoms with Crippen molar-refractivity contribution in [2.24, 2.45) is 35.3 Å². The highest BCUT2D eigenvalue weighted by molar-refractivity contribution is 5.99. The summed E-state index contributed by atoms with van der Waals surface area (Å²) in [6.07, 6.45) is 1.48. The molecule has 2 saturated heterocycles. The van der Waals surface area contributed by atoms with Crippen molar-refractivity contribution in [3.05, 3.63) is 29.8 Å². The van der Waals surface area contributed by atoms with Crippen molar-refractivity contribution >= 4 is 53.0 Å². The van der Waals surface area contributed by atoms with Gasteiger partial charge in [0.2, 0.25) is 47.3 Å². The van der Waals surface area contributed by atoms with E-state index in [1.165, 1.54) is 29.0 Å². The van der Waals surface area contributed by atoms with Crippen LogP contribution in [0, 0.1) is 29.6 Å². The fourth-order valence-corrected chi connectivity index (χ4v) is 8.39. The normalized spacial score (nSPS) is 25.8. The predicted octanol–water partition coefficient (Wildman–Crippen LogP) is 2.24. The van der Waals surface area contributed by atoms with Gasteiger partial charge in [0.1, 0.15) is 42.0 Å². The average molecular weight is 925 g/mol. The van der Waals surface area contributed by atoms with Gasteiger partial charge >= 0.3 is 0 Å². The Hall–Kier alpha value is -5.55. The molecule has 0 aromatic heterocycles. The molecule has 0 aliphatic carbocycles. The van der Waals surface area contributed by atoms with E-state index < -0.39 is 119 Å². The highest BCUT2D eigenvalue weighted by Gasteiger charge is 2.43. The molecule has 0 saturated carbocycles. The molecule has 3 rings (SSSR count). The minimum absolute atomic E-state index is 0.000551.